The molecule has 1 amide bonds. The summed E-state index contributed by atoms with van der Waals surface area (Å²) in [7, 11) is -3.79. The van der Waals surface area contributed by atoms with Gasteiger partial charge in [0, 0.05) is 11.4 Å². The molecule has 2 heterocycles. The van der Waals surface area contributed by atoms with Crippen LogP contribution in [0.5, 0.6) is 0 Å². The Morgan fingerprint density at radius 2 is 2.07 bits per heavy atom. The molecule has 11 heteroatoms. The summed E-state index contributed by atoms with van der Waals surface area (Å²) in [5, 5.41) is 8.88. The van der Waals surface area contributed by atoms with Crippen LogP contribution in [0, 0.1) is 5.82 Å². The van der Waals surface area contributed by atoms with Crippen LogP contribution in [0.3, 0.4) is 0 Å². The van der Waals surface area contributed by atoms with Gasteiger partial charge in [-0.3, -0.25) is 9.52 Å². The van der Waals surface area contributed by atoms with Crippen molar-refractivity contribution in [2.45, 2.75) is 6.42 Å². The lowest BCUT2D eigenvalue weighted by atomic mass is 10.2. The first-order valence-electron chi connectivity index (χ1n) is 7.96. The molecule has 0 fully saturated rings. The quantitative estimate of drug-likeness (QED) is 0.683. The van der Waals surface area contributed by atoms with Crippen molar-refractivity contribution in [2.24, 2.45) is 0 Å². The third kappa shape index (κ3) is 4.51. The van der Waals surface area contributed by atoms with E-state index in [1.807, 2.05) is 0 Å². The number of sulfonamides is 1. The lowest BCUT2D eigenvalue weighted by molar-refractivity contribution is -0.114. The molecule has 0 atom stereocenters. The van der Waals surface area contributed by atoms with Crippen molar-refractivity contribution in [3.8, 4) is 0 Å². The maximum absolute atomic E-state index is 14.2. The Hall–Kier alpha value is -2.43. The van der Waals surface area contributed by atoms with Gasteiger partial charge in [-0.05, 0) is 42.8 Å². The third-order valence-corrected chi connectivity index (χ3v) is 6.51. The summed E-state index contributed by atoms with van der Waals surface area (Å²) in [4.78, 5) is 25.2. The Morgan fingerprint density at radius 3 is 2.68 bits per heavy atom. The second-order valence-electron chi connectivity index (χ2n) is 5.88. The topological polar surface area (TPSA) is 104 Å². The number of carboxylic acid groups (broad SMARTS) is 1. The molecule has 0 aliphatic carbocycles. The molecule has 0 saturated heterocycles. The molecular formula is C17H14ClFN2O5S2. The predicted octanol–water partition coefficient (Wildman–Crippen LogP) is 2.63. The van der Waals surface area contributed by atoms with Crippen molar-refractivity contribution in [1.82, 2.24) is 4.72 Å². The molecule has 1 aliphatic heterocycles. The number of thiophene rings is 1. The molecule has 2 aromatic rings. The number of aromatic carboxylic acids is 1. The van der Waals surface area contributed by atoms with E-state index in [0.29, 0.717) is 4.34 Å². The van der Waals surface area contributed by atoms with Crippen molar-refractivity contribution in [3.05, 3.63) is 62.7 Å². The van der Waals surface area contributed by atoms with E-state index in [4.69, 9.17) is 16.7 Å². The number of amides is 1. The molecule has 1 aromatic heterocycles. The molecule has 148 valence electrons. The number of benzene rings is 1. The van der Waals surface area contributed by atoms with E-state index >= 15 is 0 Å². The zero-order valence-electron chi connectivity index (χ0n) is 14.2. The van der Waals surface area contributed by atoms with Gasteiger partial charge in [-0.1, -0.05) is 11.6 Å². The molecular weight excluding hydrogens is 431 g/mol. The lowest BCUT2D eigenvalue weighted by Crippen LogP contribution is -2.34. The SMILES string of the molecule is O=C(O)c1ccc(N2CC=C(NS(=O)(=O)CCc3ccc(Cl)s3)C2=O)c(F)c1. The van der Waals surface area contributed by atoms with Crippen LogP contribution in [0.1, 0.15) is 15.2 Å². The standard InChI is InChI=1S/C17H14ClFN2O5S2/c18-15-4-2-11(27-15)6-8-28(25,26)20-13-5-7-21(16(13)22)14-3-1-10(17(23)24)9-12(14)19/h1-5,9,20H,6-8H2,(H,23,24). The van der Waals surface area contributed by atoms with Gasteiger partial charge in [-0.15, -0.1) is 11.3 Å². The molecule has 3 rings (SSSR count). The molecule has 0 bridgehead atoms. The minimum atomic E-state index is -3.79. The Labute approximate surface area is 169 Å². The maximum Gasteiger partial charge on any atom is 0.335 e. The largest absolute Gasteiger partial charge is 0.478 e. The van der Waals surface area contributed by atoms with Crippen LogP contribution in [0.15, 0.2) is 42.1 Å². The highest BCUT2D eigenvalue weighted by Gasteiger charge is 2.30. The molecule has 7 nitrogen and oxygen atoms in total. The number of rotatable bonds is 7. The predicted molar refractivity (Wildman–Crippen MR) is 104 cm³/mol. The zero-order valence-corrected chi connectivity index (χ0v) is 16.6. The van der Waals surface area contributed by atoms with E-state index in [-0.39, 0.29) is 35.7 Å². The van der Waals surface area contributed by atoms with E-state index in [9.17, 15) is 22.4 Å². The van der Waals surface area contributed by atoms with E-state index in [0.717, 1.165) is 15.8 Å². The lowest BCUT2D eigenvalue weighted by Gasteiger charge is -2.18. The molecule has 1 aromatic carbocycles. The van der Waals surface area contributed by atoms with Gasteiger partial charge >= 0.3 is 5.97 Å². The molecule has 1 aliphatic rings. The third-order valence-electron chi connectivity index (χ3n) is 3.95. The summed E-state index contributed by atoms with van der Waals surface area (Å²) in [5.41, 5.74) is -0.560. The molecule has 2 N–H and O–H groups in total. The van der Waals surface area contributed by atoms with Crippen molar-refractivity contribution in [1.29, 1.82) is 0 Å². The Bertz CT molecular complexity index is 1080. The van der Waals surface area contributed by atoms with Crippen molar-refractivity contribution in [2.75, 3.05) is 17.2 Å². The van der Waals surface area contributed by atoms with Gasteiger partial charge in [0.15, 0.2) is 0 Å². The summed E-state index contributed by atoms with van der Waals surface area (Å²) >= 11 is 7.09. The van der Waals surface area contributed by atoms with Crippen molar-refractivity contribution < 1.29 is 27.5 Å². The minimum Gasteiger partial charge on any atom is -0.478 e. The number of nitrogens with zero attached hydrogens (tertiary/aromatic N) is 1. The van der Waals surface area contributed by atoms with Crippen LogP contribution in [0.25, 0.3) is 0 Å². The number of hydrogen-bond donors (Lipinski definition) is 2. The highest BCUT2D eigenvalue weighted by Crippen LogP contribution is 2.25. The van der Waals surface area contributed by atoms with Crippen LogP contribution in [0.4, 0.5) is 10.1 Å². The Morgan fingerprint density at radius 1 is 1.32 bits per heavy atom. The number of nitrogens with one attached hydrogen (secondary N) is 1. The van der Waals surface area contributed by atoms with E-state index in [2.05, 4.69) is 4.72 Å². The van der Waals surface area contributed by atoms with Gasteiger partial charge in [-0.2, -0.15) is 0 Å². The second kappa shape index (κ2) is 7.90. The normalized spacial score (nSPS) is 14.3. The van der Waals surface area contributed by atoms with E-state index in [1.165, 1.54) is 29.5 Å². The first-order valence-corrected chi connectivity index (χ1v) is 10.8. The summed E-state index contributed by atoms with van der Waals surface area (Å²) in [5.74, 6) is -3.14. The number of aryl methyl sites for hydroxylation is 1. The number of carbonyl (C=O) groups is 2. The molecule has 28 heavy (non-hydrogen) atoms. The molecule has 0 saturated carbocycles. The van der Waals surface area contributed by atoms with Crippen LogP contribution < -0.4 is 9.62 Å². The first kappa shape index (κ1) is 20.3. The fourth-order valence-corrected chi connectivity index (χ4v) is 4.90. The Kier molecular flexibility index (Phi) is 5.73. The van der Waals surface area contributed by atoms with Gasteiger partial charge in [-0.25, -0.2) is 17.6 Å². The number of anilines is 1. The van der Waals surface area contributed by atoms with Gasteiger partial charge in [0.05, 0.1) is 21.3 Å². The number of hydrogen-bond acceptors (Lipinski definition) is 5. The highest BCUT2D eigenvalue weighted by molar-refractivity contribution is 7.89. The van der Waals surface area contributed by atoms with Gasteiger partial charge < -0.3 is 10.0 Å². The fourth-order valence-electron chi connectivity index (χ4n) is 2.59. The number of carbonyl (C=O) groups excluding carboxylic acids is 1. The monoisotopic (exact) mass is 444 g/mol. The first-order chi connectivity index (χ1) is 13.2. The smallest absolute Gasteiger partial charge is 0.335 e. The fraction of sp³-hybridized carbons (Fsp3) is 0.176. The van der Waals surface area contributed by atoms with Crippen LogP contribution >= 0.6 is 22.9 Å². The molecule has 0 radical (unpaired) electrons. The van der Waals surface area contributed by atoms with Crippen molar-refractivity contribution in [3.63, 3.8) is 0 Å². The van der Waals surface area contributed by atoms with E-state index in [1.54, 1.807) is 12.1 Å². The summed E-state index contributed by atoms with van der Waals surface area (Å²) in [6.07, 6.45) is 1.58. The van der Waals surface area contributed by atoms with Gasteiger partial charge in [0.1, 0.15) is 11.5 Å². The van der Waals surface area contributed by atoms with Crippen LogP contribution in [-0.4, -0.2) is 37.7 Å². The van der Waals surface area contributed by atoms with Crippen LogP contribution in [0.2, 0.25) is 4.34 Å². The highest BCUT2D eigenvalue weighted by atomic mass is 35.5. The molecule has 0 unspecified atom stereocenters. The van der Waals surface area contributed by atoms with Crippen LogP contribution in [-0.2, 0) is 21.2 Å². The summed E-state index contributed by atoms with van der Waals surface area (Å²) in [6.45, 7) is -0.0411. The number of halogens is 2. The Balaban J connectivity index is 1.67. The number of carboxylic acids is 1. The van der Waals surface area contributed by atoms with Gasteiger partial charge in [0.25, 0.3) is 5.91 Å². The van der Waals surface area contributed by atoms with E-state index < -0.39 is 27.7 Å². The maximum atomic E-state index is 14.2. The minimum absolute atomic E-state index is 0.0411. The average Bonchev–Trinajstić information content (AvgIpc) is 3.19. The van der Waals surface area contributed by atoms with Crippen molar-refractivity contribution >= 4 is 50.5 Å². The molecule has 0 spiro atoms. The summed E-state index contributed by atoms with van der Waals surface area (Å²) < 4.78 is 41.5. The van der Waals surface area contributed by atoms with Gasteiger partial charge in [0.2, 0.25) is 10.0 Å². The second-order valence-corrected chi connectivity index (χ2v) is 9.52. The zero-order chi connectivity index (χ0) is 20.5. The summed E-state index contributed by atoms with van der Waals surface area (Å²) in [6, 6.07) is 6.55. The average molecular weight is 445 g/mol.